The summed E-state index contributed by atoms with van der Waals surface area (Å²) in [5.74, 6) is 0.787. The van der Waals surface area contributed by atoms with E-state index in [2.05, 4.69) is 44.1 Å². The van der Waals surface area contributed by atoms with Crippen LogP contribution in [0.2, 0.25) is 0 Å². The molecule has 1 fully saturated rings. The third-order valence-corrected chi connectivity index (χ3v) is 6.80. The smallest absolute Gasteiger partial charge is 0.190 e. The van der Waals surface area contributed by atoms with E-state index in [4.69, 9.17) is 14.7 Å². The summed E-state index contributed by atoms with van der Waals surface area (Å²) >= 11 is 1.53. The average molecular weight is 462 g/mol. The van der Waals surface area contributed by atoms with Gasteiger partial charge in [0.1, 0.15) is 16.2 Å². The molecule has 5 heterocycles. The molecule has 1 N–H and O–H groups in total. The first-order chi connectivity index (χ1) is 16.2. The number of rotatable bonds is 7. The number of aromatic nitrogens is 4. The summed E-state index contributed by atoms with van der Waals surface area (Å²) in [4.78, 5) is 23.9. The molecule has 0 amide bonds. The lowest BCUT2D eigenvalue weighted by molar-refractivity contribution is 0.117. The van der Waals surface area contributed by atoms with Crippen LogP contribution in [0.3, 0.4) is 0 Å². The zero-order valence-electron chi connectivity index (χ0n) is 18.8. The maximum Gasteiger partial charge on any atom is 0.190 e. The first-order valence-corrected chi connectivity index (χ1v) is 11.9. The van der Waals surface area contributed by atoms with Crippen molar-refractivity contribution in [2.24, 2.45) is 0 Å². The summed E-state index contributed by atoms with van der Waals surface area (Å²) in [5.41, 5.74) is 4.00. The highest BCUT2D eigenvalue weighted by Gasteiger charge is 2.23. The zero-order chi connectivity index (χ0) is 22.6. The van der Waals surface area contributed by atoms with Crippen molar-refractivity contribution in [3.63, 3.8) is 0 Å². The van der Waals surface area contributed by atoms with Gasteiger partial charge in [-0.1, -0.05) is 11.3 Å². The average Bonchev–Trinajstić information content (AvgIpc) is 3.25. The molecule has 0 radical (unpaired) electrons. The minimum absolute atomic E-state index is 0.475. The first-order valence-electron chi connectivity index (χ1n) is 11.1. The van der Waals surface area contributed by atoms with Crippen molar-refractivity contribution in [2.75, 3.05) is 50.1 Å². The van der Waals surface area contributed by atoms with E-state index in [1.165, 1.54) is 17.0 Å². The van der Waals surface area contributed by atoms with Gasteiger partial charge < -0.3 is 15.0 Å². The number of ether oxygens (including phenoxy) is 1. The van der Waals surface area contributed by atoms with Gasteiger partial charge in [0.05, 0.1) is 12.3 Å². The van der Waals surface area contributed by atoms with E-state index in [-0.39, 0.29) is 0 Å². The Kier molecular flexibility index (Phi) is 6.43. The number of pyridine rings is 3. The van der Waals surface area contributed by atoms with Gasteiger partial charge in [0.25, 0.3) is 0 Å². The highest BCUT2D eigenvalue weighted by atomic mass is 32.1. The summed E-state index contributed by atoms with van der Waals surface area (Å²) in [7, 11) is 1.76. The van der Waals surface area contributed by atoms with Gasteiger partial charge in [0.15, 0.2) is 5.13 Å². The van der Waals surface area contributed by atoms with E-state index in [0.29, 0.717) is 6.04 Å². The number of hydrogen-bond acceptors (Lipinski definition) is 9. The van der Waals surface area contributed by atoms with Crippen molar-refractivity contribution >= 4 is 38.3 Å². The molecule has 1 aliphatic heterocycles. The number of piperazine rings is 1. The number of nitrogens with one attached hydrogen (secondary N) is 1. The number of nitrogens with zero attached hydrogens (tertiary/aromatic N) is 6. The Bertz CT molecular complexity index is 1220. The molecular weight excluding hydrogens is 434 g/mol. The van der Waals surface area contributed by atoms with Crippen LogP contribution in [0.15, 0.2) is 55.0 Å². The Morgan fingerprint density at radius 2 is 1.97 bits per heavy atom. The van der Waals surface area contributed by atoms with Crippen molar-refractivity contribution in [2.45, 2.75) is 13.0 Å². The number of thiazole rings is 1. The maximum absolute atomic E-state index is 5.24. The van der Waals surface area contributed by atoms with Crippen LogP contribution in [0.25, 0.3) is 21.6 Å². The van der Waals surface area contributed by atoms with Gasteiger partial charge in [-0.15, -0.1) is 0 Å². The molecule has 0 unspecified atom stereocenters. The molecule has 170 valence electrons. The Morgan fingerprint density at radius 3 is 2.79 bits per heavy atom. The Hall–Kier alpha value is -3.14. The summed E-state index contributed by atoms with van der Waals surface area (Å²) in [6.07, 6.45) is 5.41. The minimum atomic E-state index is 0.475. The van der Waals surface area contributed by atoms with Crippen LogP contribution in [0, 0.1) is 0 Å². The van der Waals surface area contributed by atoms with Crippen LogP contribution >= 0.6 is 11.3 Å². The van der Waals surface area contributed by atoms with Crippen molar-refractivity contribution in [3.8, 4) is 11.3 Å². The monoisotopic (exact) mass is 461 g/mol. The predicted molar refractivity (Wildman–Crippen MR) is 133 cm³/mol. The van der Waals surface area contributed by atoms with Gasteiger partial charge in [-0.2, -0.15) is 0 Å². The second kappa shape index (κ2) is 9.78. The Morgan fingerprint density at radius 1 is 1.09 bits per heavy atom. The number of fused-ring (bicyclic) bond motifs is 1. The van der Waals surface area contributed by atoms with Crippen LogP contribution in [0.1, 0.15) is 6.92 Å². The Labute approximate surface area is 197 Å². The highest BCUT2D eigenvalue weighted by molar-refractivity contribution is 7.21. The molecule has 1 aliphatic rings. The molecule has 1 saturated heterocycles. The fraction of sp³-hybridized carbons (Fsp3) is 0.333. The number of methoxy groups -OCH3 is 1. The van der Waals surface area contributed by atoms with Crippen LogP contribution < -0.4 is 10.2 Å². The van der Waals surface area contributed by atoms with E-state index in [9.17, 15) is 0 Å². The summed E-state index contributed by atoms with van der Waals surface area (Å²) in [6.45, 7) is 7.02. The van der Waals surface area contributed by atoms with Crippen molar-refractivity contribution in [1.82, 2.24) is 24.8 Å². The lowest BCUT2D eigenvalue weighted by Gasteiger charge is -2.41. The van der Waals surface area contributed by atoms with E-state index in [1.54, 1.807) is 19.5 Å². The van der Waals surface area contributed by atoms with Gasteiger partial charge >= 0.3 is 0 Å². The van der Waals surface area contributed by atoms with Crippen LogP contribution in [0.5, 0.6) is 0 Å². The quantitative estimate of drug-likeness (QED) is 0.442. The summed E-state index contributed by atoms with van der Waals surface area (Å²) in [6, 6.07) is 12.6. The van der Waals surface area contributed by atoms with E-state index in [0.717, 1.165) is 65.3 Å². The number of hydrogen-bond donors (Lipinski definition) is 1. The molecule has 5 rings (SSSR count). The van der Waals surface area contributed by atoms with E-state index >= 15 is 0 Å². The van der Waals surface area contributed by atoms with E-state index in [1.807, 2.05) is 30.5 Å². The van der Waals surface area contributed by atoms with Gasteiger partial charge in [-0.3, -0.25) is 9.88 Å². The van der Waals surface area contributed by atoms with Gasteiger partial charge in [0.2, 0.25) is 0 Å². The lowest BCUT2D eigenvalue weighted by Crippen LogP contribution is -2.52. The zero-order valence-corrected chi connectivity index (χ0v) is 19.6. The topological polar surface area (TPSA) is 79.3 Å². The van der Waals surface area contributed by atoms with Crippen molar-refractivity contribution < 1.29 is 4.74 Å². The minimum Gasteiger partial charge on any atom is -0.383 e. The highest BCUT2D eigenvalue weighted by Crippen LogP contribution is 2.30. The molecular formula is C24H27N7OS. The first kappa shape index (κ1) is 21.7. The lowest BCUT2D eigenvalue weighted by atomic mass is 10.1. The van der Waals surface area contributed by atoms with E-state index < -0.39 is 0 Å². The van der Waals surface area contributed by atoms with Crippen molar-refractivity contribution in [3.05, 3.63) is 55.0 Å². The molecule has 8 nitrogen and oxygen atoms in total. The fourth-order valence-electron chi connectivity index (χ4n) is 4.12. The van der Waals surface area contributed by atoms with Gasteiger partial charge in [-0.25, -0.2) is 15.0 Å². The summed E-state index contributed by atoms with van der Waals surface area (Å²) < 4.78 is 5.24. The third kappa shape index (κ3) is 4.95. The molecule has 1 atom stereocenters. The molecule has 0 aromatic carbocycles. The number of anilines is 3. The summed E-state index contributed by atoms with van der Waals surface area (Å²) in [5, 5.41) is 4.16. The standard InChI is InChI=1S/C24H27N7OS/c1-17-16-31(12-11-30(17)13-14-32-2)19-7-10-26-22(15-19)29-24-28-21-4-3-20(27-23(21)33-24)18-5-8-25-9-6-18/h3-10,15,17H,11-14,16H2,1-2H3,(H,26,28,29)/t17-/m0/s1. The van der Waals surface area contributed by atoms with Gasteiger partial charge in [0, 0.05) is 75.2 Å². The Balaban J connectivity index is 1.30. The van der Waals surface area contributed by atoms with Crippen LogP contribution in [0.4, 0.5) is 16.6 Å². The van der Waals surface area contributed by atoms with Crippen molar-refractivity contribution in [1.29, 1.82) is 0 Å². The molecule has 0 saturated carbocycles. The largest absolute Gasteiger partial charge is 0.383 e. The fourth-order valence-corrected chi connectivity index (χ4v) is 4.96. The molecule has 4 aromatic rings. The van der Waals surface area contributed by atoms with Crippen LogP contribution in [-0.4, -0.2) is 70.8 Å². The molecule has 0 spiro atoms. The second-order valence-electron chi connectivity index (χ2n) is 8.12. The third-order valence-electron chi connectivity index (χ3n) is 5.92. The molecule has 9 heteroatoms. The predicted octanol–water partition coefficient (Wildman–Crippen LogP) is 4.05. The normalized spacial score (nSPS) is 16.9. The van der Waals surface area contributed by atoms with Crippen LogP contribution in [-0.2, 0) is 4.74 Å². The SMILES string of the molecule is COCCN1CCN(c2ccnc(Nc3nc4ccc(-c5ccncc5)nc4s3)c2)C[C@@H]1C. The molecule has 0 bridgehead atoms. The molecule has 4 aromatic heterocycles. The van der Waals surface area contributed by atoms with Gasteiger partial charge in [-0.05, 0) is 37.3 Å². The molecule has 33 heavy (non-hydrogen) atoms. The maximum atomic E-state index is 5.24. The second-order valence-corrected chi connectivity index (χ2v) is 9.10. The molecule has 0 aliphatic carbocycles.